The van der Waals surface area contributed by atoms with Gasteiger partial charge in [-0.15, -0.1) is 0 Å². The zero-order chi connectivity index (χ0) is 22.6. The Kier molecular flexibility index (Phi) is 7.30. The second-order valence-corrected chi connectivity index (χ2v) is 9.20. The number of nitrogens with one attached hydrogen (secondary N) is 1. The molecule has 1 N–H and O–H groups in total. The Hall–Kier alpha value is -2.49. The van der Waals surface area contributed by atoms with Crippen LogP contribution in [0.4, 0.5) is 15.8 Å². The molecule has 1 fully saturated rings. The molecule has 0 bridgehead atoms. The Labute approximate surface area is 182 Å². The number of hydrogen-bond donors (Lipinski definition) is 1. The summed E-state index contributed by atoms with van der Waals surface area (Å²) in [4.78, 5) is 14.7. The van der Waals surface area contributed by atoms with E-state index in [2.05, 4.69) is 5.32 Å². The van der Waals surface area contributed by atoms with Gasteiger partial charge in [-0.1, -0.05) is 19.9 Å². The number of nitrogens with zero attached hydrogens (tertiary/aromatic N) is 2. The Bertz CT molecular complexity index is 1050. The van der Waals surface area contributed by atoms with E-state index in [0.717, 1.165) is 0 Å². The van der Waals surface area contributed by atoms with E-state index < -0.39 is 21.7 Å². The Morgan fingerprint density at radius 3 is 2.42 bits per heavy atom. The first-order valence-electron chi connectivity index (χ1n) is 10.3. The van der Waals surface area contributed by atoms with Crippen LogP contribution < -0.4 is 10.2 Å². The Balaban J connectivity index is 1.82. The molecule has 0 unspecified atom stereocenters. The van der Waals surface area contributed by atoms with Crippen LogP contribution in [0.2, 0.25) is 0 Å². The largest absolute Gasteiger partial charge is 0.378 e. The van der Waals surface area contributed by atoms with Gasteiger partial charge in [0.05, 0.1) is 23.8 Å². The molecule has 168 valence electrons. The van der Waals surface area contributed by atoms with E-state index in [4.69, 9.17) is 4.74 Å². The maximum atomic E-state index is 14.6. The number of morpholine rings is 1. The summed E-state index contributed by atoms with van der Waals surface area (Å²) in [6.07, 6.45) is 0. The quantitative estimate of drug-likeness (QED) is 0.702. The molecule has 9 heteroatoms. The van der Waals surface area contributed by atoms with E-state index in [1.807, 2.05) is 4.90 Å². The summed E-state index contributed by atoms with van der Waals surface area (Å²) in [5, 5.41) is 2.65. The molecule has 0 atom stereocenters. The summed E-state index contributed by atoms with van der Waals surface area (Å²) in [5.41, 5.74) is 1.51. The fourth-order valence-corrected chi connectivity index (χ4v) is 5.28. The van der Waals surface area contributed by atoms with E-state index in [1.165, 1.54) is 16.4 Å². The molecule has 2 aromatic carbocycles. The van der Waals surface area contributed by atoms with Gasteiger partial charge in [-0.2, -0.15) is 4.31 Å². The highest BCUT2D eigenvalue weighted by atomic mass is 32.2. The number of rotatable bonds is 7. The number of carbonyl (C=O) groups is 1. The van der Waals surface area contributed by atoms with E-state index >= 15 is 0 Å². The average molecular weight is 450 g/mol. The number of hydrogen-bond acceptors (Lipinski definition) is 5. The average Bonchev–Trinajstić information content (AvgIpc) is 2.75. The molecule has 2 aromatic rings. The number of halogens is 1. The molecule has 31 heavy (non-hydrogen) atoms. The van der Waals surface area contributed by atoms with Gasteiger partial charge in [0.15, 0.2) is 0 Å². The summed E-state index contributed by atoms with van der Waals surface area (Å²) >= 11 is 0. The molecule has 1 heterocycles. The number of amides is 1. The van der Waals surface area contributed by atoms with Crippen LogP contribution in [0, 0.1) is 12.7 Å². The van der Waals surface area contributed by atoms with Crippen LogP contribution in [-0.2, 0) is 14.8 Å². The van der Waals surface area contributed by atoms with Crippen molar-refractivity contribution in [3.63, 3.8) is 0 Å². The van der Waals surface area contributed by atoms with Crippen molar-refractivity contribution in [2.45, 2.75) is 25.7 Å². The minimum absolute atomic E-state index is 0.0951. The van der Waals surface area contributed by atoms with Crippen LogP contribution in [0.5, 0.6) is 0 Å². The maximum absolute atomic E-state index is 14.6. The summed E-state index contributed by atoms with van der Waals surface area (Å²) in [5.74, 6) is -0.942. The van der Waals surface area contributed by atoms with Crippen molar-refractivity contribution in [1.82, 2.24) is 4.31 Å². The van der Waals surface area contributed by atoms with Gasteiger partial charge in [0.2, 0.25) is 10.0 Å². The van der Waals surface area contributed by atoms with E-state index in [0.29, 0.717) is 56.3 Å². The fourth-order valence-electron chi connectivity index (χ4n) is 3.57. The first-order valence-corrected chi connectivity index (χ1v) is 11.8. The van der Waals surface area contributed by atoms with Gasteiger partial charge in [-0.05, 0) is 42.8 Å². The number of sulfonamides is 1. The van der Waals surface area contributed by atoms with Crippen molar-refractivity contribution in [1.29, 1.82) is 0 Å². The zero-order valence-corrected chi connectivity index (χ0v) is 18.8. The third-order valence-corrected chi connectivity index (χ3v) is 7.52. The summed E-state index contributed by atoms with van der Waals surface area (Å²) < 4.78 is 47.1. The zero-order valence-electron chi connectivity index (χ0n) is 18.0. The van der Waals surface area contributed by atoms with Crippen molar-refractivity contribution in [2.24, 2.45) is 0 Å². The topological polar surface area (TPSA) is 79.0 Å². The highest BCUT2D eigenvalue weighted by Crippen LogP contribution is 2.25. The third kappa shape index (κ3) is 5.06. The second kappa shape index (κ2) is 9.76. The van der Waals surface area contributed by atoms with Gasteiger partial charge >= 0.3 is 0 Å². The highest BCUT2D eigenvalue weighted by molar-refractivity contribution is 7.89. The molecule has 0 spiro atoms. The normalized spacial score (nSPS) is 14.7. The first kappa shape index (κ1) is 23.2. The maximum Gasteiger partial charge on any atom is 0.255 e. The molecular weight excluding hydrogens is 421 g/mol. The lowest BCUT2D eigenvalue weighted by Crippen LogP contribution is -2.36. The predicted molar refractivity (Wildman–Crippen MR) is 119 cm³/mol. The lowest BCUT2D eigenvalue weighted by molar-refractivity contribution is 0.102. The number of benzene rings is 2. The van der Waals surface area contributed by atoms with Crippen molar-refractivity contribution in [3.05, 3.63) is 53.3 Å². The van der Waals surface area contributed by atoms with Crippen molar-refractivity contribution in [3.8, 4) is 0 Å². The number of ether oxygens (including phenoxy) is 1. The Morgan fingerprint density at radius 2 is 1.81 bits per heavy atom. The minimum atomic E-state index is -3.71. The van der Waals surface area contributed by atoms with Crippen LogP contribution in [0.15, 0.2) is 41.3 Å². The third-order valence-electron chi connectivity index (χ3n) is 5.33. The van der Waals surface area contributed by atoms with Crippen LogP contribution in [0.25, 0.3) is 0 Å². The van der Waals surface area contributed by atoms with Gasteiger partial charge in [-0.3, -0.25) is 4.79 Å². The number of anilines is 2. The van der Waals surface area contributed by atoms with Crippen LogP contribution in [-0.4, -0.2) is 58.0 Å². The molecule has 0 aliphatic carbocycles. The van der Waals surface area contributed by atoms with Gasteiger partial charge in [0.1, 0.15) is 5.82 Å². The summed E-state index contributed by atoms with van der Waals surface area (Å²) in [6, 6.07) is 9.06. The Morgan fingerprint density at radius 1 is 1.13 bits per heavy atom. The highest BCUT2D eigenvalue weighted by Gasteiger charge is 2.25. The first-order chi connectivity index (χ1) is 14.8. The molecule has 0 radical (unpaired) electrons. The standard InChI is InChI=1S/C22H28FN3O4S/c1-4-26(5-2)31(28,29)21-14-17(7-6-16(21)3)22(27)24-18-8-9-20(19(23)15-18)25-10-12-30-13-11-25/h6-9,14-15H,4-5,10-13H2,1-3H3,(H,24,27). The lowest BCUT2D eigenvalue weighted by atomic mass is 10.1. The summed E-state index contributed by atoms with van der Waals surface area (Å²) in [6.45, 7) is 8.20. The molecule has 1 amide bonds. The van der Waals surface area contributed by atoms with E-state index in [9.17, 15) is 17.6 Å². The summed E-state index contributed by atoms with van der Waals surface area (Å²) in [7, 11) is -3.71. The molecule has 3 rings (SSSR count). The van der Waals surface area contributed by atoms with Crippen molar-refractivity contribution in [2.75, 3.05) is 49.6 Å². The molecule has 0 saturated carbocycles. The molecule has 7 nitrogen and oxygen atoms in total. The SMILES string of the molecule is CCN(CC)S(=O)(=O)c1cc(C(=O)Nc2ccc(N3CCOCC3)c(F)c2)ccc1C. The second-order valence-electron chi connectivity index (χ2n) is 7.29. The monoisotopic (exact) mass is 449 g/mol. The van der Waals surface area contributed by atoms with Crippen molar-refractivity contribution >= 4 is 27.3 Å². The van der Waals surface area contributed by atoms with Crippen LogP contribution >= 0.6 is 0 Å². The molecule has 0 aromatic heterocycles. The molecule has 1 aliphatic rings. The van der Waals surface area contributed by atoms with Gasteiger partial charge in [0.25, 0.3) is 5.91 Å². The predicted octanol–water partition coefficient (Wildman–Crippen LogP) is 3.25. The van der Waals surface area contributed by atoms with E-state index in [1.54, 1.807) is 45.0 Å². The van der Waals surface area contributed by atoms with Crippen LogP contribution in [0.1, 0.15) is 29.8 Å². The number of carbonyl (C=O) groups excluding carboxylic acids is 1. The number of aryl methyl sites for hydroxylation is 1. The lowest BCUT2D eigenvalue weighted by Gasteiger charge is -2.29. The smallest absolute Gasteiger partial charge is 0.255 e. The van der Waals surface area contributed by atoms with Crippen molar-refractivity contribution < 1.29 is 22.3 Å². The van der Waals surface area contributed by atoms with Gasteiger partial charge in [0, 0.05) is 37.4 Å². The minimum Gasteiger partial charge on any atom is -0.378 e. The molecular formula is C22H28FN3O4S. The van der Waals surface area contributed by atoms with Gasteiger partial charge in [-0.25, -0.2) is 12.8 Å². The fraction of sp³-hybridized carbons (Fsp3) is 0.409. The molecule has 1 aliphatic heterocycles. The molecule has 1 saturated heterocycles. The van der Waals surface area contributed by atoms with Gasteiger partial charge < -0.3 is 15.0 Å². The van der Waals surface area contributed by atoms with Crippen LogP contribution in [0.3, 0.4) is 0 Å². The van der Waals surface area contributed by atoms with E-state index in [-0.39, 0.29) is 10.5 Å².